The normalized spacial score (nSPS) is 19.9. The third-order valence-electron chi connectivity index (χ3n) is 3.90. The van der Waals surface area contributed by atoms with Crippen molar-refractivity contribution < 1.29 is 9.53 Å². The van der Waals surface area contributed by atoms with Gasteiger partial charge in [0.15, 0.2) is 5.54 Å². The molecule has 0 radical (unpaired) electrons. The SMILES string of the molecule is COC(=O)C(C)(c1nccnc1C)N1CCCNCC1. The molecule has 1 N–H and O–H groups in total. The molecule has 0 spiro atoms. The molecule has 2 heterocycles. The second-order valence-electron chi connectivity index (χ2n) is 5.14. The molecule has 0 bridgehead atoms. The number of aromatic nitrogens is 2. The first-order valence-electron chi connectivity index (χ1n) is 6.93. The van der Waals surface area contributed by atoms with E-state index >= 15 is 0 Å². The standard InChI is InChI=1S/C14H22N4O2/c1-11-12(17-7-6-16-11)14(2,13(19)20-3)18-9-4-5-15-8-10-18/h6-7,15H,4-5,8-10H2,1-3H3. The summed E-state index contributed by atoms with van der Waals surface area (Å²) in [6, 6.07) is 0. The highest BCUT2D eigenvalue weighted by molar-refractivity contribution is 5.81. The fraction of sp³-hybridized carbons (Fsp3) is 0.643. The Morgan fingerprint density at radius 3 is 2.80 bits per heavy atom. The number of carbonyl (C=O) groups excluding carboxylic acids is 1. The molecule has 0 aliphatic carbocycles. The maximum absolute atomic E-state index is 12.4. The molecule has 0 saturated carbocycles. The first kappa shape index (κ1) is 14.9. The number of hydrogen-bond donors (Lipinski definition) is 1. The summed E-state index contributed by atoms with van der Waals surface area (Å²) in [6.07, 6.45) is 4.26. The summed E-state index contributed by atoms with van der Waals surface area (Å²) in [7, 11) is 1.42. The molecule has 0 amide bonds. The number of carbonyl (C=O) groups is 1. The van der Waals surface area contributed by atoms with Crippen LogP contribution in [0.2, 0.25) is 0 Å². The van der Waals surface area contributed by atoms with E-state index in [1.807, 2.05) is 13.8 Å². The van der Waals surface area contributed by atoms with Gasteiger partial charge in [0.05, 0.1) is 18.5 Å². The van der Waals surface area contributed by atoms with E-state index in [-0.39, 0.29) is 5.97 Å². The van der Waals surface area contributed by atoms with Crippen molar-refractivity contribution in [2.45, 2.75) is 25.8 Å². The van der Waals surface area contributed by atoms with Crippen LogP contribution >= 0.6 is 0 Å². The first-order chi connectivity index (χ1) is 9.60. The third-order valence-corrected chi connectivity index (χ3v) is 3.90. The predicted molar refractivity (Wildman–Crippen MR) is 75.2 cm³/mol. The van der Waals surface area contributed by atoms with Crippen molar-refractivity contribution >= 4 is 5.97 Å². The van der Waals surface area contributed by atoms with Gasteiger partial charge in [-0.1, -0.05) is 0 Å². The van der Waals surface area contributed by atoms with Crippen molar-refractivity contribution in [2.75, 3.05) is 33.3 Å². The highest BCUT2D eigenvalue weighted by Gasteiger charge is 2.44. The second-order valence-corrected chi connectivity index (χ2v) is 5.14. The molecule has 2 rings (SSSR count). The van der Waals surface area contributed by atoms with Gasteiger partial charge in [-0.05, 0) is 26.8 Å². The quantitative estimate of drug-likeness (QED) is 0.811. The fourth-order valence-electron chi connectivity index (χ4n) is 2.75. The minimum atomic E-state index is -0.890. The van der Waals surface area contributed by atoms with Crippen molar-refractivity contribution in [2.24, 2.45) is 0 Å². The van der Waals surface area contributed by atoms with Crippen LogP contribution in [0.25, 0.3) is 0 Å². The van der Waals surface area contributed by atoms with Gasteiger partial charge in [0.2, 0.25) is 0 Å². The lowest BCUT2D eigenvalue weighted by atomic mass is 9.93. The third kappa shape index (κ3) is 2.66. The number of aryl methyl sites for hydroxylation is 1. The number of ether oxygens (including phenoxy) is 1. The summed E-state index contributed by atoms with van der Waals surface area (Å²) >= 11 is 0. The van der Waals surface area contributed by atoms with Gasteiger partial charge in [0, 0.05) is 32.0 Å². The Kier molecular flexibility index (Phi) is 4.67. The van der Waals surface area contributed by atoms with Gasteiger partial charge >= 0.3 is 5.97 Å². The van der Waals surface area contributed by atoms with Crippen molar-refractivity contribution in [1.29, 1.82) is 0 Å². The number of nitrogens with one attached hydrogen (secondary N) is 1. The summed E-state index contributed by atoms with van der Waals surface area (Å²) in [4.78, 5) is 23.2. The molecule has 20 heavy (non-hydrogen) atoms. The van der Waals surface area contributed by atoms with Gasteiger partial charge in [-0.15, -0.1) is 0 Å². The van der Waals surface area contributed by atoms with Crippen LogP contribution in [0.5, 0.6) is 0 Å². The average Bonchev–Trinajstić information content (AvgIpc) is 2.75. The molecule has 110 valence electrons. The van der Waals surface area contributed by atoms with Gasteiger partial charge in [-0.2, -0.15) is 0 Å². The van der Waals surface area contributed by atoms with E-state index in [1.54, 1.807) is 12.4 Å². The summed E-state index contributed by atoms with van der Waals surface area (Å²) < 4.78 is 5.05. The lowest BCUT2D eigenvalue weighted by Crippen LogP contribution is -2.52. The van der Waals surface area contributed by atoms with Gasteiger partial charge in [0.1, 0.15) is 0 Å². The predicted octanol–water partition coefficient (Wildman–Crippen LogP) is 0.469. The van der Waals surface area contributed by atoms with Crippen molar-refractivity contribution in [3.8, 4) is 0 Å². The zero-order valence-corrected chi connectivity index (χ0v) is 12.3. The largest absolute Gasteiger partial charge is 0.467 e. The van der Waals surface area contributed by atoms with Gasteiger partial charge in [-0.25, -0.2) is 4.79 Å². The summed E-state index contributed by atoms with van der Waals surface area (Å²) in [6.45, 7) is 7.18. The molecular formula is C14H22N4O2. The number of methoxy groups -OCH3 is 1. The lowest BCUT2D eigenvalue weighted by Gasteiger charge is -2.38. The van der Waals surface area contributed by atoms with Crippen molar-refractivity contribution in [3.63, 3.8) is 0 Å². The van der Waals surface area contributed by atoms with E-state index in [2.05, 4.69) is 20.2 Å². The Morgan fingerprint density at radius 2 is 2.10 bits per heavy atom. The highest BCUT2D eigenvalue weighted by Crippen LogP contribution is 2.30. The van der Waals surface area contributed by atoms with Gasteiger partial charge < -0.3 is 10.1 Å². The van der Waals surface area contributed by atoms with Gasteiger partial charge in [-0.3, -0.25) is 14.9 Å². The Hall–Kier alpha value is -1.53. The molecule has 1 fully saturated rings. The van der Waals surface area contributed by atoms with E-state index in [0.717, 1.165) is 38.3 Å². The number of hydrogen-bond acceptors (Lipinski definition) is 6. The first-order valence-corrected chi connectivity index (χ1v) is 6.93. The number of nitrogens with zero attached hydrogens (tertiary/aromatic N) is 3. The van der Waals surface area contributed by atoms with E-state index in [1.165, 1.54) is 7.11 Å². The van der Waals surface area contributed by atoms with E-state index in [4.69, 9.17) is 4.74 Å². The minimum Gasteiger partial charge on any atom is -0.467 e. The second kappa shape index (κ2) is 6.28. The summed E-state index contributed by atoms with van der Waals surface area (Å²) in [5, 5.41) is 3.34. The smallest absolute Gasteiger partial charge is 0.332 e. The van der Waals surface area contributed by atoms with Crippen LogP contribution in [-0.2, 0) is 15.1 Å². The monoisotopic (exact) mass is 278 g/mol. The molecular weight excluding hydrogens is 256 g/mol. The highest BCUT2D eigenvalue weighted by atomic mass is 16.5. The van der Waals surface area contributed by atoms with Crippen LogP contribution in [0, 0.1) is 6.92 Å². The van der Waals surface area contributed by atoms with Crippen molar-refractivity contribution in [1.82, 2.24) is 20.2 Å². The van der Waals surface area contributed by atoms with E-state index in [0.29, 0.717) is 5.69 Å². The molecule has 1 aromatic heterocycles. The maximum atomic E-state index is 12.4. The Morgan fingerprint density at radius 1 is 1.35 bits per heavy atom. The molecule has 6 heteroatoms. The summed E-state index contributed by atoms with van der Waals surface area (Å²) in [5.74, 6) is -0.289. The van der Waals surface area contributed by atoms with Crippen LogP contribution in [-0.4, -0.2) is 54.1 Å². The zero-order chi connectivity index (χ0) is 14.6. The Bertz CT molecular complexity index is 472. The molecule has 6 nitrogen and oxygen atoms in total. The Labute approximate surface area is 119 Å². The summed E-state index contributed by atoms with van der Waals surface area (Å²) in [5.41, 5.74) is 0.547. The number of rotatable bonds is 3. The molecule has 0 aromatic carbocycles. The van der Waals surface area contributed by atoms with Crippen LogP contribution in [0.1, 0.15) is 24.7 Å². The molecule has 1 unspecified atom stereocenters. The molecule has 1 aliphatic rings. The van der Waals surface area contributed by atoms with Crippen LogP contribution < -0.4 is 5.32 Å². The zero-order valence-electron chi connectivity index (χ0n) is 12.3. The van der Waals surface area contributed by atoms with Crippen LogP contribution in [0.4, 0.5) is 0 Å². The average molecular weight is 278 g/mol. The maximum Gasteiger partial charge on any atom is 0.332 e. The van der Waals surface area contributed by atoms with Crippen molar-refractivity contribution in [3.05, 3.63) is 23.8 Å². The van der Waals surface area contributed by atoms with Gasteiger partial charge in [0.25, 0.3) is 0 Å². The fourth-order valence-corrected chi connectivity index (χ4v) is 2.75. The lowest BCUT2D eigenvalue weighted by molar-refractivity contribution is -0.155. The number of esters is 1. The van der Waals surface area contributed by atoms with Crippen LogP contribution in [0.3, 0.4) is 0 Å². The van der Waals surface area contributed by atoms with E-state index in [9.17, 15) is 4.79 Å². The molecule has 1 aromatic rings. The molecule has 1 atom stereocenters. The minimum absolute atomic E-state index is 0.289. The molecule has 1 saturated heterocycles. The molecule has 1 aliphatic heterocycles. The topological polar surface area (TPSA) is 67.3 Å². The van der Waals surface area contributed by atoms with Crippen LogP contribution in [0.15, 0.2) is 12.4 Å². The van der Waals surface area contributed by atoms with E-state index < -0.39 is 5.54 Å². The Balaban J connectivity index is 2.44.